The molecule has 0 aliphatic rings. The average Bonchev–Trinajstić information content (AvgIpc) is 2.58. The fourth-order valence-electron chi connectivity index (χ4n) is 2.36. The Balaban J connectivity index is 2.27. The molecule has 8 nitrogen and oxygen atoms in total. The van der Waals surface area contributed by atoms with Crippen molar-refractivity contribution in [1.29, 1.82) is 0 Å². The molecule has 0 saturated carbocycles. The Bertz CT molecular complexity index is 985. The molecule has 0 amide bonds. The van der Waals surface area contributed by atoms with E-state index in [1.807, 2.05) is 13.0 Å². The Labute approximate surface area is 143 Å². The van der Waals surface area contributed by atoms with Gasteiger partial charge in [-0.1, -0.05) is 17.7 Å². The molecule has 8 heteroatoms. The van der Waals surface area contributed by atoms with Crippen LogP contribution in [-0.2, 0) is 18.8 Å². The van der Waals surface area contributed by atoms with Crippen LogP contribution >= 0.6 is 0 Å². The number of nitrogens with zero attached hydrogens (tertiary/aromatic N) is 2. The van der Waals surface area contributed by atoms with Gasteiger partial charge in [0.25, 0.3) is 5.56 Å². The highest BCUT2D eigenvalue weighted by Crippen LogP contribution is 2.12. The number of hydrogen-bond donors (Lipinski definition) is 1. The Hall–Kier alpha value is -3.16. The number of aromatic nitrogens is 2. The molecular formula is C17H19N3O5. The summed E-state index contributed by atoms with van der Waals surface area (Å²) in [6.45, 7) is 2.93. The minimum absolute atomic E-state index is 0.263. The van der Waals surface area contributed by atoms with Gasteiger partial charge in [-0.15, -0.1) is 0 Å². The third-order valence-corrected chi connectivity index (χ3v) is 3.94. The quantitative estimate of drug-likeness (QED) is 0.631. The molecule has 0 bridgehead atoms. The van der Waals surface area contributed by atoms with Gasteiger partial charge in [-0.3, -0.25) is 18.7 Å². The Kier molecular flexibility index (Phi) is 4.92. The van der Waals surface area contributed by atoms with E-state index in [1.165, 1.54) is 14.1 Å². The zero-order valence-corrected chi connectivity index (χ0v) is 14.5. The van der Waals surface area contributed by atoms with Crippen LogP contribution in [0.15, 0.2) is 27.8 Å². The first-order chi connectivity index (χ1) is 11.6. The van der Waals surface area contributed by atoms with Crippen molar-refractivity contribution in [2.45, 2.75) is 13.8 Å². The lowest BCUT2D eigenvalue weighted by Crippen LogP contribution is -2.42. The zero-order chi connectivity index (χ0) is 18.9. The van der Waals surface area contributed by atoms with E-state index in [4.69, 9.17) is 10.5 Å². The monoisotopic (exact) mass is 345 g/mol. The molecule has 0 aliphatic carbocycles. The number of rotatable bonds is 4. The lowest BCUT2D eigenvalue weighted by Gasteiger charge is -2.11. The summed E-state index contributed by atoms with van der Waals surface area (Å²) >= 11 is 0. The third kappa shape index (κ3) is 3.37. The Morgan fingerprint density at radius 1 is 1.12 bits per heavy atom. The van der Waals surface area contributed by atoms with Gasteiger partial charge in [-0.2, -0.15) is 0 Å². The third-order valence-electron chi connectivity index (χ3n) is 3.94. The van der Waals surface area contributed by atoms with E-state index in [0.29, 0.717) is 11.1 Å². The van der Waals surface area contributed by atoms with Crippen LogP contribution in [0, 0.1) is 13.8 Å². The number of ketones is 1. The van der Waals surface area contributed by atoms with E-state index in [-0.39, 0.29) is 11.4 Å². The fourth-order valence-corrected chi connectivity index (χ4v) is 2.36. The van der Waals surface area contributed by atoms with Crippen LogP contribution in [0.1, 0.15) is 31.8 Å². The predicted octanol–water partition coefficient (Wildman–Crippen LogP) is 0.323. The minimum Gasteiger partial charge on any atom is -0.454 e. The van der Waals surface area contributed by atoms with Crippen LogP contribution < -0.4 is 17.0 Å². The van der Waals surface area contributed by atoms with Crippen LogP contribution in [0.3, 0.4) is 0 Å². The number of ether oxygens (including phenoxy) is 1. The van der Waals surface area contributed by atoms with Crippen LogP contribution in [0.2, 0.25) is 0 Å². The van der Waals surface area contributed by atoms with Crippen LogP contribution in [0.25, 0.3) is 0 Å². The lowest BCUT2D eigenvalue weighted by molar-refractivity contribution is 0.0473. The van der Waals surface area contributed by atoms with Gasteiger partial charge < -0.3 is 10.5 Å². The highest BCUT2D eigenvalue weighted by molar-refractivity contribution is 6.02. The summed E-state index contributed by atoms with van der Waals surface area (Å²) in [5.74, 6) is -1.71. The van der Waals surface area contributed by atoms with Crippen LogP contribution in [0.4, 0.5) is 5.82 Å². The van der Waals surface area contributed by atoms with Gasteiger partial charge in [-0.25, -0.2) is 9.59 Å². The van der Waals surface area contributed by atoms with Crippen molar-refractivity contribution in [3.8, 4) is 0 Å². The Morgan fingerprint density at radius 3 is 2.40 bits per heavy atom. The minimum atomic E-state index is -0.826. The molecule has 132 valence electrons. The molecule has 25 heavy (non-hydrogen) atoms. The van der Waals surface area contributed by atoms with Gasteiger partial charge in [0.2, 0.25) is 5.78 Å². The first kappa shape index (κ1) is 18.2. The number of esters is 1. The molecule has 0 unspecified atom stereocenters. The van der Waals surface area contributed by atoms with Crippen molar-refractivity contribution < 1.29 is 14.3 Å². The summed E-state index contributed by atoms with van der Waals surface area (Å²) < 4.78 is 6.78. The molecule has 1 heterocycles. The summed E-state index contributed by atoms with van der Waals surface area (Å²) in [5.41, 5.74) is 5.78. The first-order valence-corrected chi connectivity index (χ1v) is 7.48. The number of nitrogens with two attached hydrogens (primary N) is 1. The van der Waals surface area contributed by atoms with Crippen molar-refractivity contribution in [3.05, 3.63) is 61.3 Å². The first-order valence-electron chi connectivity index (χ1n) is 7.48. The van der Waals surface area contributed by atoms with Crippen LogP contribution in [-0.4, -0.2) is 27.5 Å². The fraction of sp³-hybridized carbons (Fsp3) is 0.294. The molecule has 0 fully saturated rings. The maximum atomic E-state index is 12.3. The molecule has 0 atom stereocenters. The molecule has 2 aromatic rings. The maximum absolute atomic E-state index is 12.3. The number of Topliss-reactive ketones (excluding diaryl/α,β-unsaturated/α-hetero) is 1. The summed E-state index contributed by atoms with van der Waals surface area (Å²) in [6.07, 6.45) is 0. The van der Waals surface area contributed by atoms with Crippen molar-refractivity contribution >= 4 is 17.6 Å². The van der Waals surface area contributed by atoms with Crippen molar-refractivity contribution in [1.82, 2.24) is 9.13 Å². The van der Waals surface area contributed by atoms with Crippen molar-refractivity contribution in [3.63, 3.8) is 0 Å². The normalized spacial score (nSPS) is 10.6. The highest BCUT2D eigenvalue weighted by Gasteiger charge is 2.22. The number of carbonyl (C=O) groups is 2. The van der Waals surface area contributed by atoms with E-state index in [1.54, 1.807) is 19.1 Å². The second-order valence-electron chi connectivity index (χ2n) is 5.78. The Morgan fingerprint density at radius 2 is 1.76 bits per heavy atom. The summed E-state index contributed by atoms with van der Waals surface area (Å²) in [7, 11) is 2.58. The zero-order valence-electron chi connectivity index (χ0n) is 14.5. The molecule has 0 radical (unpaired) electrons. The summed E-state index contributed by atoms with van der Waals surface area (Å²) in [5, 5.41) is 0. The van der Waals surface area contributed by atoms with Crippen molar-refractivity contribution in [2.75, 3.05) is 12.3 Å². The molecule has 0 spiro atoms. The number of aryl methyl sites for hydroxylation is 2. The summed E-state index contributed by atoms with van der Waals surface area (Å²) in [4.78, 5) is 48.4. The van der Waals surface area contributed by atoms with Gasteiger partial charge >= 0.3 is 11.7 Å². The lowest BCUT2D eigenvalue weighted by atomic mass is 10.1. The van der Waals surface area contributed by atoms with E-state index in [9.17, 15) is 19.2 Å². The maximum Gasteiger partial charge on any atom is 0.338 e. The molecular weight excluding hydrogens is 326 g/mol. The smallest absolute Gasteiger partial charge is 0.338 e. The van der Waals surface area contributed by atoms with Crippen molar-refractivity contribution in [2.24, 2.45) is 14.1 Å². The SMILES string of the molecule is Cc1ccc(C)c(C(=O)OCC(=O)c2c(N)n(C)c(=O)n(C)c2=O)c1. The number of anilines is 1. The highest BCUT2D eigenvalue weighted by atomic mass is 16.5. The number of carbonyl (C=O) groups excluding carboxylic acids is 2. The molecule has 2 N–H and O–H groups in total. The van der Waals surface area contributed by atoms with E-state index in [0.717, 1.165) is 14.7 Å². The number of nitrogen functional groups attached to an aromatic ring is 1. The second-order valence-corrected chi connectivity index (χ2v) is 5.78. The van der Waals surface area contributed by atoms with Gasteiger partial charge in [0.15, 0.2) is 6.61 Å². The van der Waals surface area contributed by atoms with E-state index in [2.05, 4.69) is 0 Å². The van der Waals surface area contributed by atoms with Gasteiger partial charge in [0.1, 0.15) is 11.4 Å². The second kappa shape index (κ2) is 6.76. The van der Waals surface area contributed by atoms with Gasteiger partial charge in [-0.05, 0) is 25.5 Å². The molecule has 0 saturated heterocycles. The van der Waals surface area contributed by atoms with Gasteiger partial charge in [0.05, 0.1) is 5.56 Å². The molecule has 1 aromatic heterocycles. The molecule has 0 aliphatic heterocycles. The topological polar surface area (TPSA) is 113 Å². The number of hydrogen-bond acceptors (Lipinski definition) is 6. The average molecular weight is 345 g/mol. The van der Waals surface area contributed by atoms with E-state index < -0.39 is 29.6 Å². The molecule has 1 aromatic carbocycles. The molecule has 2 rings (SSSR count). The predicted molar refractivity (Wildman–Crippen MR) is 91.9 cm³/mol. The summed E-state index contributed by atoms with van der Waals surface area (Å²) in [6, 6.07) is 5.28. The van der Waals surface area contributed by atoms with E-state index >= 15 is 0 Å². The van der Waals surface area contributed by atoms with Crippen LogP contribution in [0.5, 0.6) is 0 Å². The largest absolute Gasteiger partial charge is 0.454 e. The standard InChI is InChI=1S/C17H19N3O5/c1-9-5-6-10(2)11(7-9)16(23)25-8-12(21)13-14(18)19(3)17(24)20(4)15(13)22/h5-7H,8,18H2,1-4H3. The van der Waals surface area contributed by atoms with Gasteiger partial charge in [0, 0.05) is 14.1 Å². The number of benzene rings is 1.